The van der Waals surface area contributed by atoms with Gasteiger partial charge in [0.1, 0.15) is 0 Å². The molecule has 1 atom stereocenters. The van der Waals surface area contributed by atoms with Gasteiger partial charge in [0.25, 0.3) is 5.91 Å². The van der Waals surface area contributed by atoms with Crippen molar-refractivity contribution in [1.82, 2.24) is 5.32 Å². The smallest absolute Gasteiger partial charge is 0.251 e. The molecule has 1 aliphatic rings. The molecule has 4 heteroatoms. The fourth-order valence-corrected chi connectivity index (χ4v) is 2.95. The first-order valence-corrected chi connectivity index (χ1v) is 7.78. The highest BCUT2D eigenvalue weighted by molar-refractivity contribution is 5.94. The monoisotopic (exact) mass is 290 g/mol. The van der Waals surface area contributed by atoms with Crippen LogP contribution in [0.25, 0.3) is 0 Å². The molecule has 1 amide bonds. The molecule has 0 spiro atoms. The summed E-state index contributed by atoms with van der Waals surface area (Å²) in [5.74, 6) is -0.145. The van der Waals surface area contributed by atoms with Crippen LogP contribution in [0.4, 0.5) is 5.69 Å². The van der Waals surface area contributed by atoms with Gasteiger partial charge in [0.15, 0.2) is 0 Å². The molecule has 0 aliphatic heterocycles. The second-order valence-corrected chi connectivity index (χ2v) is 6.49. The van der Waals surface area contributed by atoms with E-state index in [1.54, 1.807) is 0 Å². The topological polar surface area (TPSA) is 61.4 Å². The van der Waals surface area contributed by atoms with Crippen LogP contribution in [-0.2, 0) is 0 Å². The number of carbonyl (C=O) groups is 1. The van der Waals surface area contributed by atoms with Crippen molar-refractivity contribution in [3.8, 4) is 0 Å². The lowest BCUT2D eigenvalue weighted by molar-refractivity contribution is 0.0945. The Labute approximate surface area is 126 Å². The number of hydrogen-bond donors (Lipinski definition) is 3. The molecular weight excluding hydrogens is 264 g/mol. The highest BCUT2D eigenvalue weighted by Gasteiger charge is 2.31. The van der Waals surface area contributed by atoms with E-state index < -0.39 is 0 Å². The lowest BCUT2D eigenvalue weighted by Gasteiger charge is -2.39. The zero-order chi connectivity index (χ0) is 15.3. The van der Waals surface area contributed by atoms with Crippen LogP contribution in [0.5, 0.6) is 0 Å². The van der Waals surface area contributed by atoms with E-state index in [-0.39, 0.29) is 19.1 Å². The van der Waals surface area contributed by atoms with Gasteiger partial charge in [-0.25, -0.2) is 0 Å². The summed E-state index contributed by atoms with van der Waals surface area (Å²) in [6.45, 7) is 4.89. The molecule has 1 aromatic rings. The van der Waals surface area contributed by atoms with Gasteiger partial charge >= 0.3 is 0 Å². The van der Waals surface area contributed by atoms with Gasteiger partial charge in [0.05, 0.1) is 6.61 Å². The van der Waals surface area contributed by atoms with Crippen LogP contribution in [0.15, 0.2) is 24.3 Å². The lowest BCUT2D eigenvalue weighted by Crippen LogP contribution is -2.38. The van der Waals surface area contributed by atoms with Crippen molar-refractivity contribution in [3.63, 3.8) is 0 Å². The van der Waals surface area contributed by atoms with Gasteiger partial charge in [0.2, 0.25) is 0 Å². The third-order valence-corrected chi connectivity index (χ3v) is 4.39. The van der Waals surface area contributed by atoms with E-state index >= 15 is 0 Å². The number of rotatable bonds is 5. The summed E-state index contributed by atoms with van der Waals surface area (Å²) in [4.78, 5) is 11.8. The van der Waals surface area contributed by atoms with Crippen LogP contribution in [0, 0.1) is 5.41 Å². The van der Waals surface area contributed by atoms with Crippen molar-refractivity contribution in [1.29, 1.82) is 0 Å². The number of aliphatic hydroxyl groups excluding tert-OH is 1. The first-order chi connectivity index (χ1) is 10.0. The molecule has 0 heterocycles. The maximum atomic E-state index is 11.8. The van der Waals surface area contributed by atoms with E-state index in [0.29, 0.717) is 17.0 Å². The van der Waals surface area contributed by atoms with Crippen molar-refractivity contribution in [2.75, 3.05) is 18.5 Å². The highest BCUT2D eigenvalue weighted by Crippen LogP contribution is 2.37. The fraction of sp³-hybridized carbons (Fsp3) is 0.588. The average molecular weight is 290 g/mol. The Hall–Kier alpha value is -1.55. The average Bonchev–Trinajstić information content (AvgIpc) is 2.47. The molecule has 1 aromatic carbocycles. The quantitative estimate of drug-likeness (QED) is 0.781. The molecule has 0 saturated heterocycles. The molecule has 0 aromatic heterocycles. The third kappa shape index (κ3) is 4.21. The predicted molar refractivity (Wildman–Crippen MR) is 85.5 cm³/mol. The molecule has 4 nitrogen and oxygen atoms in total. The van der Waals surface area contributed by atoms with Crippen molar-refractivity contribution < 1.29 is 9.90 Å². The Bertz CT molecular complexity index is 468. The van der Waals surface area contributed by atoms with Crippen LogP contribution in [0.1, 0.15) is 49.9 Å². The maximum Gasteiger partial charge on any atom is 0.251 e. The van der Waals surface area contributed by atoms with Gasteiger partial charge < -0.3 is 15.7 Å². The number of anilines is 1. The molecule has 1 saturated carbocycles. The van der Waals surface area contributed by atoms with E-state index in [1.807, 2.05) is 24.3 Å². The van der Waals surface area contributed by atoms with E-state index in [9.17, 15) is 4.79 Å². The molecule has 21 heavy (non-hydrogen) atoms. The van der Waals surface area contributed by atoms with Gasteiger partial charge in [-0.05, 0) is 42.5 Å². The zero-order valence-electron chi connectivity index (χ0n) is 13.0. The number of benzene rings is 1. The predicted octanol–water partition coefficient (Wildman–Crippen LogP) is 2.79. The standard InChI is InChI=1S/C17H26N2O2/c1-17(2)10-4-3-5-15(17)19-14-8-6-13(7-9-14)16(21)18-11-12-20/h6-9,15,19-20H,3-5,10-12H2,1-2H3,(H,18,21). The lowest BCUT2D eigenvalue weighted by atomic mass is 9.73. The minimum atomic E-state index is -0.145. The Kier molecular flexibility index (Phi) is 5.23. The second-order valence-electron chi connectivity index (χ2n) is 6.49. The number of amides is 1. The summed E-state index contributed by atoms with van der Waals surface area (Å²) in [5.41, 5.74) is 2.00. The van der Waals surface area contributed by atoms with Gasteiger partial charge in [-0.1, -0.05) is 26.7 Å². The van der Waals surface area contributed by atoms with Gasteiger partial charge in [-0.2, -0.15) is 0 Å². The van der Waals surface area contributed by atoms with Crippen LogP contribution in [-0.4, -0.2) is 30.2 Å². The maximum absolute atomic E-state index is 11.8. The Morgan fingerprint density at radius 1 is 1.29 bits per heavy atom. The van der Waals surface area contributed by atoms with Crippen LogP contribution >= 0.6 is 0 Å². The normalized spacial score (nSPS) is 20.8. The van der Waals surface area contributed by atoms with Crippen molar-refractivity contribution in [3.05, 3.63) is 29.8 Å². The molecule has 0 bridgehead atoms. The summed E-state index contributed by atoms with van der Waals surface area (Å²) in [6, 6.07) is 8.05. The molecule has 116 valence electrons. The molecule has 1 unspecified atom stereocenters. The molecular formula is C17H26N2O2. The summed E-state index contributed by atoms with van der Waals surface area (Å²) < 4.78 is 0. The van der Waals surface area contributed by atoms with E-state index in [1.165, 1.54) is 25.7 Å². The Morgan fingerprint density at radius 3 is 2.62 bits per heavy atom. The summed E-state index contributed by atoms with van der Waals surface area (Å²) in [7, 11) is 0. The van der Waals surface area contributed by atoms with Crippen molar-refractivity contribution in [2.45, 2.75) is 45.6 Å². The first-order valence-electron chi connectivity index (χ1n) is 7.78. The Morgan fingerprint density at radius 2 is 2.00 bits per heavy atom. The minimum Gasteiger partial charge on any atom is -0.395 e. The number of nitrogens with one attached hydrogen (secondary N) is 2. The van der Waals surface area contributed by atoms with Gasteiger partial charge in [0, 0.05) is 23.8 Å². The van der Waals surface area contributed by atoms with Crippen LogP contribution < -0.4 is 10.6 Å². The molecule has 1 fully saturated rings. The SMILES string of the molecule is CC1(C)CCCCC1Nc1ccc(C(=O)NCCO)cc1. The van der Waals surface area contributed by atoms with Gasteiger partial charge in [-0.15, -0.1) is 0 Å². The molecule has 0 radical (unpaired) electrons. The van der Waals surface area contributed by atoms with Crippen molar-refractivity contribution in [2.24, 2.45) is 5.41 Å². The van der Waals surface area contributed by atoms with E-state index in [0.717, 1.165) is 5.69 Å². The Balaban J connectivity index is 1.97. The summed E-state index contributed by atoms with van der Waals surface area (Å²) in [5, 5.41) is 15.0. The van der Waals surface area contributed by atoms with E-state index in [4.69, 9.17) is 5.11 Å². The highest BCUT2D eigenvalue weighted by atomic mass is 16.3. The summed E-state index contributed by atoms with van der Waals surface area (Å²) in [6.07, 6.45) is 5.05. The number of aliphatic hydroxyl groups is 1. The van der Waals surface area contributed by atoms with Crippen molar-refractivity contribution >= 4 is 11.6 Å². The van der Waals surface area contributed by atoms with Crippen LogP contribution in [0.3, 0.4) is 0 Å². The second kappa shape index (κ2) is 6.94. The molecule has 3 N–H and O–H groups in total. The van der Waals surface area contributed by atoms with E-state index in [2.05, 4.69) is 24.5 Å². The zero-order valence-corrected chi connectivity index (χ0v) is 13.0. The number of carbonyl (C=O) groups excluding carboxylic acids is 1. The minimum absolute atomic E-state index is 0.0395. The van der Waals surface area contributed by atoms with Gasteiger partial charge in [-0.3, -0.25) is 4.79 Å². The molecule has 1 aliphatic carbocycles. The van der Waals surface area contributed by atoms with Crippen LogP contribution in [0.2, 0.25) is 0 Å². The number of hydrogen-bond acceptors (Lipinski definition) is 3. The largest absolute Gasteiger partial charge is 0.395 e. The third-order valence-electron chi connectivity index (χ3n) is 4.39. The first kappa shape index (κ1) is 15.8. The fourth-order valence-electron chi connectivity index (χ4n) is 2.95. The summed E-state index contributed by atoms with van der Waals surface area (Å²) >= 11 is 0. The molecule has 2 rings (SSSR count).